The van der Waals surface area contributed by atoms with Gasteiger partial charge in [-0.25, -0.2) is 4.98 Å². The lowest BCUT2D eigenvalue weighted by Crippen LogP contribution is -2.27. The summed E-state index contributed by atoms with van der Waals surface area (Å²) in [6.45, 7) is 12.9. The van der Waals surface area contributed by atoms with E-state index in [1.807, 2.05) is 20.1 Å². The molecule has 0 bridgehead atoms. The van der Waals surface area contributed by atoms with Crippen molar-refractivity contribution in [2.24, 2.45) is 0 Å². The average molecular weight is 316 g/mol. The highest BCUT2D eigenvalue weighted by molar-refractivity contribution is 7.98. The zero-order valence-corrected chi connectivity index (χ0v) is 15.3. The molecule has 0 aliphatic heterocycles. The van der Waals surface area contributed by atoms with Crippen molar-refractivity contribution in [3.63, 3.8) is 0 Å². The minimum Gasteiger partial charge on any atom is -0.283 e. The molecule has 1 aromatic carbocycles. The molecule has 0 spiro atoms. The molecule has 1 aromatic heterocycles. The van der Waals surface area contributed by atoms with Gasteiger partial charge in [0.1, 0.15) is 0 Å². The number of nitrogens with zero attached hydrogens (tertiary/aromatic N) is 2. The van der Waals surface area contributed by atoms with E-state index in [4.69, 9.17) is 0 Å². The maximum absolute atomic E-state index is 12.6. The Bertz CT molecular complexity index is 791. The van der Waals surface area contributed by atoms with Crippen LogP contribution in [0.25, 0.3) is 0 Å². The highest BCUT2D eigenvalue weighted by atomic mass is 32.2. The first kappa shape index (κ1) is 16.8. The van der Waals surface area contributed by atoms with E-state index in [1.165, 1.54) is 39.6 Å². The summed E-state index contributed by atoms with van der Waals surface area (Å²) in [5, 5.41) is 0.781. The first-order chi connectivity index (χ1) is 10.3. The highest BCUT2D eigenvalue weighted by Gasteiger charge is 2.14. The molecule has 3 nitrogen and oxygen atoms in total. The van der Waals surface area contributed by atoms with Crippen LogP contribution in [0.4, 0.5) is 0 Å². The molecule has 0 saturated heterocycles. The second-order valence-electron chi connectivity index (χ2n) is 5.93. The van der Waals surface area contributed by atoms with Crippen molar-refractivity contribution < 1.29 is 0 Å². The van der Waals surface area contributed by atoms with E-state index in [0.29, 0.717) is 6.54 Å². The molecular weight excluding hydrogens is 292 g/mol. The Labute approximate surface area is 136 Å². The van der Waals surface area contributed by atoms with Crippen LogP contribution in [-0.2, 0) is 6.54 Å². The monoisotopic (exact) mass is 316 g/mol. The molecule has 0 fully saturated rings. The van der Waals surface area contributed by atoms with Gasteiger partial charge in [0.05, 0.1) is 6.54 Å². The van der Waals surface area contributed by atoms with Crippen LogP contribution >= 0.6 is 11.8 Å². The molecule has 0 saturated carbocycles. The maximum atomic E-state index is 12.6. The molecule has 118 valence electrons. The Hall–Kier alpha value is -1.55. The van der Waals surface area contributed by atoms with Crippen molar-refractivity contribution in [1.82, 2.24) is 9.55 Å². The van der Waals surface area contributed by atoms with E-state index in [1.54, 1.807) is 4.57 Å². The van der Waals surface area contributed by atoms with Gasteiger partial charge in [0.15, 0.2) is 5.16 Å². The van der Waals surface area contributed by atoms with E-state index in [2.05, 4.69) is 38.7 Å². The summed E-state index contributed by atoms with van der Waals surface area (Å²) in [6.07, 6.45) is 1.96. The Morgan fingerprint density at radius 1 is 1.00 bits per heavy atom. The summed E-state index contributed by atoms with van der Waals surface area (Å²) >= 11 is 1.52. The van der Waals surface area contributed by atoms with Crippen molar-refractivity contribution in [2.45, 2.75) is 53.2 Å². The van der Waals surface area contributed by atoms with Crippen LogP contribution in [0.5, 0.6) is 0 Å². The van der Waals surface area contributed by atoms with Crippen LogP contribution in [-0.4, -0.2) is 15.8 Å². The molecule has 1 heterocycles. The fraction of sp³-hybridized carbons (Fsp3) is 0.444. The van der Waals surface area contributed by atoms with Crippen molar-refractivity contribution in [3.05, 3.63) is 55.5 Å². The van der Waals surface area contributed by atoms with E-state index < -0.39 is 0 Å². The first-order valence-corrected chi connectivity index (χ1v) is 8.68. The second kappa shape index (κ2) is 6.29. The fourth-order valence-electron chi connectivity index (χ4n) is 2.66. The summed E-state index contributed by atoms with van der Waals surface area (Å²) in [5.74, 6) is 0. The van der Waals surface area contributed by atoms with Crippen molar-refractivity contribution in [3.8, 4) is 0 Å². The second-order valence-corrected chi connectivity index (χ2v) is 6.70. The molecule has 0 aliphatic rings. The molecule has 4 heteroatoms. The number of hydrogen-bond donors (Lipinski definition) is 0. The predicted molar refractivity (Wildman–Crippen MR) is 94.2 cm³/mol. The summed E-state index contributed by atoms with van der Waals surface area (Å²) in [7, 11) is 0. The zero-order valence-electron chi connectivity index (χ0n) is 14.5. The first-order valence-electron chi connectivity index (χ1n) is 7.46. The third kappa shape index (κ3) is 2.84. The molecular formula is C18H24N2OS. The number of rotatable bonds is 3. The van der Waals surface area contributed by atoms with Gasteiger partial charge in [0.25, 0.3) is 5.56 Å². The molecule has 0 aliphatic carbocycles. The fourth-order valence-corrected chi connectivity index (χ4v) is 3.25. The number of aryl methyl sites for hydroxylation is 2. The average Bonchev–Trinajstić information content (AvgIpc) is 2.50. The molecule has 0 unspecified atom stereocenters. The van der Waals surface area contributed by atoms with E-state index in [-0.39, 0.29) is 5.56 Å². The quantitative estimate of drug-likeness (QED) is 0.637. The number of thioether (sulfide) groups is 1. The molecule has 0 amide bonds. The van der Waals surface area contributed by atoms with Crippen LogP contribution in [0.3, 0.4) is 0 Å². The zero-order chi connectivity index (χ0) is 16.6. The lowest BCUT2D eigenvalue weighted by atomic mass is 9.94. The maximum Gasteiger partial charge on any atom is 0.257 e. The molecule has 0 radical (unpaired) electrons. The van der Waals surface area contributed by atoms with Gasteiger partial charge in [-0.1, -0.05) is 17.8 Å². The van der Waals surface area contributed by atoms with Crippen molar-refractivity contribution >= 4 is 11.8 Å². The highest BCUT2D eigenvalue weighted by Crippen LogP contribution is 2.23. The molecule has 0 atom stereocenters. The van der Waals surface area contributed by atoms with Gasteiger partial charge in [-0.15, -0.1) is 0 Å². The van der Waals surface area contributed by atoms with Crippen molar-refractivity contribution in [2.75, 3.05) is 6.26 Å². The SMILES string of the molecule is CSc1nc(C)c(C)c(=O)n1Cc1cc(C)c(C)c(C)c1C. The van der Waals surface area contributed by atoms with Crippen LogP contribution in [0.1, 0.15) is 39.1 Å². The molecule has 2 aromatic rings. The van der Waals surface area contributed by atoms with E-state index in [0.717, 1.165) is 16.4 Å². The lowest BCUT2D eigenvalue weighted by Gasteiger charge is -2.17. The third-order valence-corrected chi connectivity index (χ3v) is 5.38. The van der Waals surface area contributed by atoms with Gasteiger partial charge >= 0.3 is 0 Å². The molecule has 2 rings (SSSR count). The van der Waals surface area contributed by atoms with Crippen LogP contribution in [0.15, 0.2) is 16.0 Å². The number of hydrogen-bond acceptors (Lipinski definition) is 3. The predicted octanol–water partition coefficient (Wildman–Crippen LogP) is 3.86. The van der Waals surface area contributed by atoms with Crippen LogP contribution in [0, 0.1) is 41.5 Å². The lowest BCUT2D eigenvalue weighted by molar-refractivity contribution is 0.629. The Balaban J connectivity index is 2.62. The van der Waals surface area contributed by atoms with Crippen molar-refractivity contribution in [1.29, 1.82) is 0 Å². The minimum absolute atomic E-state index is 0.0622. The number of aromatic nitrogens is 2. The molecule has 0 N–H and O–H groups in total. The van der Waals surface area contributed by atoms with Gasteiger partial charge in [-0.05, 0) is 75.6 Å². The summed E-state index contributed by atoms with van der Waals surface area (Å²) in [6, 6.07) is 2.20. The van der Waals surface area contributed by atoms with Gasteiger partial charge < -0.3 is 0 Å². The van der Waals surface area contributed by atoms with E-state index >= 15 is 0 Å². The Kier molecular flexibility index (Phi) is 4.81. The molecule has 22 heavy (non-hydrogen) atoms. The minimum atomic E-state index is 0.0622. The Morgan fingerprint density at radius 2 is 1.64 bits per heavy atom. The number of benzene rings is 1. The third-order valence-electron chi connectivity index (χ3n) is 4.70. The Morgan fingerprint density at radius 3 is 2.23 bits per heavy atom. The van der Waals surface area contributed by atoms with Crippen LogP contribution in [0.2, 0.25) is 0 Å². The summed E-state index contributed by atoms with van der Waals surface area (Å²) in [5.41, 5.74) is 7.99. The van der Waals surface area contributed by atoms with Gasteiger partial charge in [0.2, 0.25) is 0 Å². The topological polar surface area (TPSA) is 34.9 Å². The van der Waals surface area contributed by atoms with Gasteiger partial charge in [-0.3, -0.25) is 9.36 Å². The van der Waals surface area contributed by atoms with E-state index in [9.17, 15) is 4.79 Å². The smallest absolute Gasteiger partial charge is 0.257 e. The summed E-state index contributed by atoms with van der Waals surface area (Å²) < 4.78 is 1.80. The largest absolute Gasteiger partial charge is 0.283 e. The summed E-state index contributed by atoms with van der Waals surface area (Å²) in [4.78, 5) is 17.2. The van der Waals surface area contributed by atoms with Gasteiger partial charge in [0, 0.05) is 11.3 Å². The standard InChI is InChI=1S/C18H24N2OS/c1-10-8-16(13(4)12(3)11(10)2)9-20-17(21)14(5)15(6)19-18(20)22-7/h8H,9H2,1-7H3. The normalized spacial score (nSPS) is 11.0. The van der Waals surface area contributed by atoms with Crippen LogP contribution < -0.4 is 5.56 Å². The van der Waals surface area contributed by atoms with Gasteiger partial charge in [-0.2, -0.15) is 0 Å².